The summed E-state index contributed by atoms with van der Waals surface area (Å²) in [6.07, 6.45) is 5.24. The Balaban J connectivity index is 1.46. The van der Waals surface area contributed by atoms with E-state index in [0.717, 1.165) is 63.0 Å². The molecule has 2 N–H and O–H groups in total. The highest BCUT2D eigenvalue weighted by Crippen LogP contribution is 2.20. The zero-order valence-corrected chi connectivity index (χ0v) is 13.3. The normalized spacial score (nSPS) is 21.3. The van der Waals surface area contributed by atoms with Crippen molar-refractivity contribution in [2.45, 2.75) is 44.7 Å². The van der Waals surface area contributed by atoms with Crippen LogP contribution >= 0.6 is 0 Å². The van der Waals surface area contributed by atoms with Crippen LogP contribution in [0.25, 0.3) is 0 Å². The molecule has 23 heavy (non-hydrogen) atoms. The molecule has 7 heteroatoms. The molecule has 1 aliphatic carbocycles. The number of nitrogens with one attached hydrogen (secondary N) is 2. The molecule has 1 aromatic heterocycles. The predicted octanol–water partition coefficient (Wildman–Crippen LogP) is 0.00680. The molecular weight excluding hydrogens is 294 g/mol. The van der Waals surface area contributed by atoms with Crippen molar-refractivity contribution in [2.75, 3.05) is 31.1 Å². The lowest BCUT2D eigenvalue weighted by Gasteiger charge is -2.28. The summed E-state index contributed by atoms with van der Waals surface area (Å²) in [5.41, 5.74) is 1.57. The highest BCUT2D eigenvalue weighted by Gasteiger charge is 2.27. The number of nitrogens with zero attached hydrogens (tertiary/aromatic N) is 3. The number of rotatable bonds is 4. The second kappa shape index (κ2) is 5.96. The molecule has 1 amide bonds. The van der Waals surface area contributed by atoms with Gasteiger partial charge in [-0.2, -0.15) is 0 Å². The lowest BCUT2D eigenvalue weighted by Crippen LogP contribution is -2.42. The highest BCUT2D eigenvalue weighted by molar-refractivity contribution is 5.78. The summed E-state index contributed by atoms with van der Waals surface area (Å²) in [6.45, 7) is 3.59. The molecule has 0 radical (unpaired) electrons. The average Bonchev–Trinajstić information content (AvgIpc) is 3.16. The van der Waals surface area contributed by atoms with E-state index in [0.29, 0.717) is 25.1 Å². The third-order valence-electron chi connectivity index (χ3n) is 4.85. The second-order valence-corrected chi connectivity index (χ2v) is 6.81. The molecule has 0 spiro atoms. The smallest absolute Gasteiger partial charge is 0.257 e. The van der Waals surface area contributed by atoms with Gasteiger partial charge in [0.1, 0.15) is 0 Å². The summed E-state index contributed by atoms with van der Waals surface area (Å²) in [7, 11) is 0. The van der Waals surface area contributed by atoms with Gasteiger partial charge in [-0.05, 0) is 25.7 Å². The van der Waals surface area contributed by atoms with E-state index < -0.39 is 0 Å². The topological polar surface area (TPSA) is 81.3 Å². The lowest BCUT2D eigenvalue weighted by molar-refractivity contribution is -0.122. The third kappa shape index (κ3) is 3.24. The number of aromatic amines is 1. The first kappa shape index (κ1) is 14.7. The molecule has 0 atom stereocenters. The maximum Gasteiger partial charge on any atom is 0.257 e. The molecule has 4 rings (SSSR count). The van der Waals surface area contributed by atoms with Crippen LogP contribution in [0, 0.1) is 0 Å². The van der Waals surface area contributed by atoms with Crippen LogP contribution in [0.15, 0.2) is 4.79 Å². The number of hydrogen-bond donors (Lipinski definition) is 2. The monoisotopic (exact) mass is 317 g/mol. The Hall–Kier alpha value is -1.89. The first-order chi connectivity index (χ1) is 11.2. The number of hydrogen-bond acceptors (Lipinski definition) is 5. The van der Waals surface area contributed by atoms with Gasteiger partial charge in [-0.3, -0.25) is 19.5 Å². The summed E-state index contributed by atoms with van der Waals surface area (Å²) in [4.78, 5) is 36.1. The fourth-order valence-electron chi connectivity index (χ4n) is 3.39. The fraction of sp³-hybridized carbons (Fsp3) is 0.688. The molecule has 1 aromatic rings. The molecule has 3 aliphatic rings. The summed E-state index contributed by atoms with van der Waals surface area (Å²) < 4.78 is 0. The van der Waals surface area contributed by atoms with E-state index in [4.69, 9.17) is 0 Å². The van der Waals surface area contributed by atoms with Crippen molar-refractivity contribution in [3.63, 3.8) is 0 Å². The van der Waals surface area contributed by atoms with E-state index in [1.807, 2.05) is 4.90 Å². The second-order valence-electron chi connectivity index (χ2n) is 6.81. The quantitative estimate of drug-likeness (QED) is 0.817. The number of amides is 1. The zero-order chi connectivity index (χ0) is 15.8. The van der Waals surface area contributed by atoms with E-state index in [9.17, 15) is 9.59 Å². The molecule has 2 fully saturated rings. The minimum atomic E-state index is -0.0517. The Kier molecular flexibility index (Phi) is 3.80. The van der Waals surface area contributed by atoms with Gasteiger partial charge in [-0.1, -0.05) is 0 Å². The molecule has 0 unspecified atom stereocenters. The van der Waals surface area contributed by atoms with Crippen molar-refractivity contribution < 1.29 is 4.79 Å². The Bertz CT molecular complexity index is 661. The number of fused-ring (bicyclic) bond motifs is 1. The van der Waals surface area contributed by atoms with Crippen molar-refractivity contribution in [1.29, 1.82) is 0 Å². The summed E-state index contributed by atoms with van der Waals surface area (Å²) in [6, 6.07) is 0.382. The highest BCUT2D eigenvalue weighted by atomic mass is 16.2. The SMILES string of the molecule is O=C(CN1CCc2nc(N3CCCC3)[nH]c(=O)c2C1)NC1CC1. The lowest BCUT2D eigenvalue weighted by atomic mass is 10.1. The van der Waals surface area contributed by atoms with Gasteiger partial charge < -0.3 is 10.2 Å². The van der Waals surface area contributed by atoms with E-state index in [2.05, 4.69) is 20.2 Å². The van der Waals surface area contributed by atoms with E-state index in [-0.39, 0.29) is 11.5 Å². The molecule has 124 valence electrons. The van der Waals surface area contributed by atoms with Crippen LogP contribution in [-0.2, 0) is 17.8 Å². The average molecular weight is 317 g/mol. The van der Waals surface area contributed by atoms with Gasteiger partial charge in [0.05, 0.1) is 17.8 Å². The first-order valence-corrected chi connectivity index (χ1v) is 8.58. The largest absolute Gasteiger partial charge is 0.352 e. The van der Waals surface area contributed by atoms with Gasteiger partial charge in [0.25, 0.3) is 5.56 Å². The van der Waals surface area contributed by atoms with E-state index in [1.165, 1.54) is 0 Å². The van der Waals surface area contributed by atoms with Crippen LogP contribution in [0.3, 0.4) is 0 Å². The van der Waals surface area contributed by atoms with Crippen molar-refractivity contribution in [2.24, 2.45) is 0 Å². The van der Waals surface area contributed by atoms with Crippen LogP contribution in [-0.4, -0.2) is 53.0 Å². The zero-order valence-electron chi connectivity index (χ0n) is 13.3. The molecular formula is C16H23N5O2. The molecule has 2 aliphatic heterocycles. The van der Waals surface area contributed by atoms with Gasteiger partial charge >= 0.3 is 0 Å². The predicted molar refractivity (Wildman–Crippen MR) is 86.5 cm³/mol. The Morgan fingerprint density at radius 2 is 2.04 bits per heavy atom. The number of anilines is 1. The van der Waals surface area contributed by atoms with Crippen LogP contribution in [0.4, 0.5) is 5.95 Å². The van der Waals surface area contributed by atoms with Gasteiger partial charge in [-0.15, -0.1) is 0 Å². The molecule has 0 bridgehead atoms. The van der Waals surface area contributed by atoms with Crippen molar-refractivity contribution in [1.82, 2.24) is 20.2 Å². The molecule has 0 aromatic carbocycles. The van der Waals surface area contributed by atoms with E-state index >= 15 is 0 Å². The summed E-state index contributed by atoms with van der Waals surface area (Å²) in [5.74, 6) is 0.778. The van der Waals surface area contributed by atoms with Crippen LogP contribution in [0.2, 0.25) is 0 Å². The number of carbonyl (C=O) groups is 1. The molecule has 3 heterocycles. The third-order valence-corrected chi connectivity index (χ3v) is 4.85. The fourth-order valence-corrected chi connectivity index (χ4v) is 3.39. The maximum absolute atomic E-state index is 12.4. The Morgan fingerprint density at radius 3 is 2.78 bits per heavy atom. The van der Waals surface area contributed by atoms with E-state index in [1.54, 1.807) is 0 Å². The van der Waals surface area contributed by atoms with Crippen molar-refractivity contribution in [3.8, 4) is 0 Å². The van der Waals surface area contributed by atoms with Gasteiger partial charge in [0, 0.05) is 38.6 Å². The first-order valence-electron chi connectivity index (χ1n) is 8.58. The number of aromatic nitrogens is 2. The molecule has 1 saturated carbocycles. The standard InChI is InChI=1S/C16H23N5O2/c22-14(17-11-3-4-11)10-20-8-5-13-12(9-20)15(23)19-16(18-13)21-6-1-2-7-21/h11H,1-10H2,(H,17,22)(H,18,19,23). The minimum absolute atomic E-state index is 0.0517. The molecule has 1 saturated heterocycles. The Labute approximate surface area is 135 Å². The maximum atomic E-state index is 12.4. The van der Waals surface area contributed by atoms with Crippen molar-refractivity contribution >= 4 is 11.9 Å². The van der Waals surface area contributed by atoms with Crippen LogP contribution in [0.1, 0.15) is 36.9 Å². The number of H-pyrrole nitrogens is 1. The summed E-state index contributed by atoms with van der Waals surface area (Å²) >= 11 is 0. The molecule has 7 nitrogen and oxygen atoms in total. The van der Waals surface area contributed by atoms with Gasteiger partial charge in [0.15, 0.2) is 0 Å². The van der Waals surface area contributed by atoms with Gasteiger partial charge in [-0.25, -0.2) is 4.98 Å². The van der Waals surface area contributed by atoms with Gasteiger partial charge in [0.2, 0.25) is 11.9 Å². The van der Waals surface area contributed by atoms with Crippen LogP contribution in [0.5, 0.6) is 0 Å². The summed E-state index contributed by atoms with van der Waals surface area (Å²) in [5, 5.41) is 3.00. The van der Waals surface area contributed by atoms with Crippen molar-refractivity contribution in [3.05, 3.63) is 21.6 Å². The number of carbonyl (C=O) groups excluding carboxylic acids is 1. The minimum Gasteiger partial charge on any atom is -0.352 e. The van der Waals surface area contributed by atoms with Crippen LogP contribution < -0.4 is 15.8 Å². The Morgan fingerprint density at radius 1 is 1.26 bits per heavy atom.